The predicted octanol–water partition coefficient (Wildman–Crippen LogP) is 3.84. The quantitative estimate of drug-likeness (QED) is 0.855. The van der Waals surface area contributed by atoms with E-state index in [9.17, 15) is 4.79 Å². The molecule has 0 amide bonds. The summed E-state index contributed by atoms with van der Waals surface area (Å²) in [5.41, 5.74) is 2.65. The molecule has 1 aromatic carbocycles. The minimum absolute atomic E-state index is 0.348. The number of fused-ring (bicyclic) bond motifs is 1. The molecule has 0 atom stereocenters. The summed E-state index contributed by atoms with van der Waals surface area (Å²) >= 11 is 3.53. The highest BCUT2D eigenvalue weighted by Gasteiger charge is 2.12. The molecule has 0 radical (unpaired) electrons. The summed E-state index contributed by atoms with van der Waals surface area (Å²) < 4.78 is 5.69. The molecule has 0 aliphatic heterocycles. The van der Waals surface area contributed by atoms with Crippen molar-refractivity contribution in [3.8, 4) is 0 Å². The van der Waals surface area contributed by atoms with Crippen molar-refractivity contribution in [2.75, 3.05) is 7.11 Å². The molecule has 1 aromatic heterocycles. The number of hydrogen-bond acceptors (Lipinski definition) is 2. The Hall–Kier alpha value is -1.29. The first kappa shape index (κ1) is 12.2. The Balaban J connectivity index is 2.60. The Bertz CT molecular complexity index is 572. The minimum atomic E-state index is -0.348. The Labute approximate surface area is 108 Å². The van der Waals surface area contributed by atoms with E-state index in [1.165, 1.54) is 12.7 Å². The van der Waals surface area contributed by atoms with Crippen LogP contribution < -0.4 is 0 Å². The lowest BCUT2D eigenvalue weighted by atomic mass is 10.0. The fourth-order valence-electron chi connectivity index (χ4n) is 1.77. The van der Waals surface area contributed by atoms with Gasteiger partial charge in [-0.25, -0.2) is 4.79 Å². The van der Waals surface area contributed by atoms with E-state index in [1.54, 1.807) is 6.07 Å². The molecule has 0 fully saturated rings. The van der Waals surface area contributed by atoms with E-state index < -0.39 is 0 Å². The summed E-state index contributed by atoms with van der Waals surface area (Å²) in [6.45, 7) is 4.27. The van der Waals surface area contributed by atoms with Gasteiger partial charge in [-0.05, 0) is 29.7 Å². The molecule has 0 saturated heterocycles. The zero-order valence-corrected chi connectivity index (χ0v) is 11.6. The minimum Gasteiger partial charge on any atom is -0.464 e. The highest BCUT2D eigenvalue weighted by molar-refractivity contribution is 9.10. The smallest absolute Gasteiger partial charge is 0.354 e. The van der Waals surface area contributed by atoms with Crippen molar-refractivity contribution in [3.05, 3.63) is 33.9 Å². The lowest BCUT2D eigenvalue weighted by Crippen LogP contribution is -2.00. The van der Waals surface area contributed by atoms with E-state index in [0.717, 1.165) is 15.4 Å². The number of carbonyl (C=O) groups is 1. The Morgan fingerprint density at radius 2 is 2.06 bits per heavy atom. The van der Waals surface area contributed by atoms with Crippen LogP contribution in [0.3, 0.4) is 0 Å². The van der Waals surface area contributed by atoms with Crippen molar-refractivity contribution in [1.82, 2.24) is 4.98 Å². The van der Waals surface area contributed by atoms with Crippen LogP contribution in [0.1, 0.15) is 35.8 Å². The first-order chi connectivity index (χ1) is 8.02. The monoisotopic (exact) mass is 295 g/mol. The van der Waals surface area contributed by atoms with E-state index in [2.05, 4.69) is 46.9 Å². The number of carbonyl (C=O) groups excluding carboxylic acids is 1. The molecule has 0 saturated carbocycles. The second-order valence-electron chi connectivity index (χ2n) is 4.29. The number of ether oxygens (including phenoxy) is 1. The molecular weight excluding hydrogens is 282 g/mol. The van der Waals surface area contributed by atoms with Gasteiger partial charge >= 0.3 is 5.97 Å². The van der Waals surface area contributed by atoms with Crippen molar-refractivity contribution in [2.24, 2.45) is 0 Å². The highest BCUT2D eigenvalue weighted by Crippen LogP contribution is 2.29. The van der Waals surface area contributed by atoms with Gasteiger partial charge < -0.3 is 9.72 Å². The Kier molecular flexibility index (Phi) is 3.24. The van der Waals surface area contributed by atoms with Gasteiger partial charge in [0.25, 0.3) is 0 Å². The van der Waals surface area contributed by atoms with Gasteiger partial charge in [0.05, 0.1) is 7.11 Å². The SMILES string of the molecule is COC(=O)c1cc2c(Br)cc(C(C)C)cc2[nH]1. The molecule has 1 heterocycles. The summed E-state index contributed by atoms with van der Waals surface area (Å²) in [7, 11) is 1.38. The van der Waals surface area contributed by atoms with Gasteiger partial charge in [-0.2, -0.15) is 0 Å². The first-order valence-electron chi connectivity index (χ1n) is 5.43. The molecule has 90 valence electrons. The van der Waals surface area contributed by atoms with Crippen LogP contribution in [0.2, 0.25) is 0 Å². The van der Waals surface area contributed by atoms with Gasteiger partial charge in [-0.1, -0.05) is 29.8 Å². The number of H-pyrrole nitrogens is 1. The summed E-state index contributed by atoms with van der Waals surface area (Å²) in [5, 5.41) is 0.995. The van der Waals surface area contributed by atoms with E-state index >= 15 is 0 Å². The van der Waals surface area contributed by atoms with Crippen LogP contribution in [-0.2, 0) is 4.74 Å². The van der Waals surface area contributed by atoms with Crippen LogP contribution in [-0.4, -0.2) is 18.1 Å². The Morgan fingerprint density at radius 3 is 2.65 bits per heavy atom. The number of aromatic amines is 1. The van der Waals surface area contributed by atoms with Gasteiger partial charge in [0, 0.05) is 15.4 Å². The van der Waals surface area contributed by atoms with Crippen molar-refractivity contribution in [3.63, 3.8) is 0 Å². The van der Waals surface area contributed by atoms with Crippen molar-refractivity contribution < 1.29 is 9.53 Å². The summed E-state index contributed by atoms with van der Waals surface area (Å²) in [6, 6.07) is 5.95. The Morgan fingerprint density at radius 1 is 1.35 bits per heavy atom. The third kappa shape index (κ3) is 2.22. The molecule has 3 nitrogen and oxygen atoms in total. The molecule has 0 unspecified atom stereocenters. The maximum Gasteiger partial charge on any atom is 0.354 e. The van der Waals surface area contributed by atoms with Gasteiger partial charge in [-0.15, -0.1) is 0 Å². The molecule has 2 rings (SSSR count). The second-order valence-corrected chi connectivity index (χ2v) is 5.15. The van der Waals surface area contributed by atoms with Gasteiger partial charge in [0.2, 0.25) is 0 Å². The zero-order valence-electron chi connectivity index (χ0n) is 10.0. The molecular formula is C13H14BrNO2. The van der Waals surface area contributed by atoms with Crippen molar-refractivity contribution in [1.29, 1.82) is 0 Å². The molecule has 4 heteroatoms. The summed E-state index contributed by atoms with van der Waals surface area (Å²) in [5.74, 6) is 0.0970. The maximum absolute atomic E-state index is 11.4. The van der Waals surface area contributed by atoms with Crippen LogP contribution in [0.4, 0.5) is 0 Å². The molecule has 0 spiro atoms. The number of esters is 1. The molecule has 2 aromatic rings. The van der Waals surface area contributed by atoms with Crippen molar-refractivity contribution >= 4 is 32.8 Å². The van der Waals surface area contributed by atoms with E-state index in [-0.39, 0.29) is 5.97 Å². The number of methoxy groups -OCH3 is 1. The predicted molar refractivity (Wildman–Crippen MR) is 71.4 cm³/mol. The number of hydrogen-bond donors (Lipinski definition) is 1. The third-order valence-corrected chi connectivity index (χ3v) is 3.44. The lowest BCUT2D eigenvalue weighted by Gasteiger charge is -2.06. The molecule has 1 N–H and O–H groups in total. The average Bonchev–Trinajstić information content (AvgIpc) is 2.72. The fourth-order valence-corrected chi connectivity index (χ4v) is 2.36. The van der Waals surface area contributed by atoms with E-state index in [4.69, 9.17) is 4.74 Å². The zero-order chi connectivity index (χ0) is 12.6. The molecule has 0 aliphatic carbocycles. The second kappa shape index (κ2) is 4.53. The van der Waals surface area contributed by atoms with Gasteiger partial charge in [0.1, 0.15) is 5.69 Å². The summed E-state index contributed by atoms with van der Waals surface area (Å²) in [6.07, 6.45) is 0. The molecule has 0 bridgehead atoms. The van der Waals surface area contributed by atoms with Gasteiger partial charge in [-0.3, -0.25) is 0 Å². The summed E-state index contributed by atoms with van der Waals surface area (Å²) in [4.78, 5) is 14.5. The standard InChI is InChI=1S/C13H14BrNO2/c1-7(2)8-4-10(14)9-6-12(13(16)17-3)15-11(9)5-8/h4-7,15H,1-3H3. The maximum atomic E-state index is 11.4. The average molecular weight is 296 g/mol. The molecule has 0 aliphatic rings. The lowest BCUT2D eigenvalue weighted by molar-refractivity contribution is 0.0595. The van der Waals surface area contributed by atoms with E-state index in [0.29, 0.717) is 11.6 Å². The van der Waals surface area contributed by atoms with Crippen molar-refractivity contribution in [2.45, 2.75) is 19.8 Å². The molecule has 17 heavy (non-hydrogen) atoms. The van der Waals surface area contributed by atoms with Gasteiger partial charge in [0.15, 0.2) is 0 Å². The number of rotatable bonds is 2. The van der Waals surface area contributed by atoms with Crippen LogP contribution in [0, 0.1) is 0 Å². The third-order valence-electron chi connectivity index (χ3n) is 2.78. The largest absolute Gasteiger partial charge is 0.464 e. The van der Waals surface area contributed by atoms with E-state index in [1.807, 2.05) is 0 Å². The topological polar surface area (TPSA) is 42.1 Å². The number of aromatic nitrogens is 1. The first-order valence-corrected chi connectivity index (χ1v) is 6.22. The van der Waals surface area contributed by atoms with Crippen LogP contribution in [0.15, 0.2) is 22.7 Å². The van der Waals surface area contributed by atoms with Crippen LogP contribution >= 0.6 is 15.9 Å². The number of halogens is 1. The number of benzene rings is 1. The van der Waals surface area contributed by atoms with Crippen LogP contribution in [0.25, 0.3) is 10.9 Å². The van der Waals surface area contributed by atoms with Crippen LogP contribution in [0.5, 0.6) is 0 Å². The highest BCUT2D eigenvalue weighted by atomic mass is 79.9. The number of nitrogens with one attached hydrogen (secondary N) is 1. The fraction of sp³-hybridized carbons (Fsp3) is 0.308. The normalized spacial score (nSPS) is 11.1.